The number of ether oxygens (including phenoxy) is 2. The number of nitrogens with one attached hydrogen (secondary N) is 4. The molecule has 8 rings (SSSR count). The van der Waals surface area contributed by atoms with E-state index >= 15 is 0 Å². The predicted molar refractivity (Wildman–Crippen MR) is 225 cm³/mol. The van der Waals surface area contributed by atoms with Crippen LogP contribution in [-0.2, 0) is 20.9 Å². The van der Waals surface area contributed by atoms with Crippen LogP contribution in [0.4, 0.5) is 40.2 Å². The first-order valence-corrected chi connectivity index (χ1v) is 20.2. The highest BCUT2D eigenvalue weighted by Crippen LogP contribution is 2.38. The number of aliphatic hydroxyl groups is 1. The molecule has 0 radical (unpaired) electrons. The molecule has 0 unspecified atom stereocenters. The number of amides is 3. The van der Waals surface area contributed by atoms with Gasteiger partial charge in [0.2, 0.25) is 5.95 Å². The third-order valence-corrected chi connectivity index (χ3v) is 11.0. The number of rotatable bonds is 13. The fourth-order valence-electron chi connectivity index (χ4n) is 7.92. The highest BCUT2D eigenvalue weighted by molar-refractivity contribution is 5.89. The lowest BCUT2D eigenvalue weighted by atomic mass is 9.91. The Balaban J connectivity index is 1.11. The summed E-state index contributed by atoms with van der Waals surface area (Å²) in [7, 11) is 0. The van der Waals surface area contributed by atoms with Gasteiger partial charge in [0.25, 0.3) is 0 Å². The Labute approximate surface area is 358 Å². The Bertz CT molecular complexity index is 2460. The number of aromatic nitrogens is 5. The summed E-state index contributed by atoms with van der Waals surface area (Å²) >= 11 is 0. The van der Waals surface area contributed by atoms with E-state index in [1.54, 1.807) is 48.7 Å². The van der Waals surface area contributed by atoms with Crippen molar-refractivity contribution in [3.8, 4) is 0 Å². The molecule has 1 aliphatic heterocycles. The molecular weight excluding hydrogens is 822 g/mol. The number of hydrogen-bond acceptors (Lipinski definition) is 12. The van der Waals surface area contributed by atoms with E-state index in [0.717, 1.165) is 11.1 Å². The van der Waals surface area contributed by atoms with Gasteiger partial charge in [0.1, 0.15) is 12.7 Å². The molecule has 6 aromatic rings. The van der Waals surface area contributed by atoms with Crippen molar-refractivity contribution in [1.29, 1.82) is 0 Å². The zero-order chi connectivity index (χ0) is 43.9. The van der Waals surface area contributed by atoms with Crippen LogP contribution in [0.5, 0.6) is 0 Å². The SMILES string of the molecule is O=C(Nc1cccnc1)N[C@@H]1CCN(c2nc(NCC(c3ccccc3)c3ccccc3)c3ncn([C@@H]4C[C@H](NC(=O)OCc5ccccc5)[C@@H](O)[C@H]4OC(=O)C(F)(F)F)c3n2)C1. The number of fused-ring (bicyclic) bond motifs is 1. The summed E-state index contributed by atoms with van der Waals surface area (Å²) in [4.78, 5) is 58.4. The summed E-state index contributed by atoms with van der Waals surface area (Å²) in [5, 5.41) is 23.2. The number of alkyl halides is 3. The van der Waals surface area contributed by atoms with Crippen molar-refractivity contribution in [2.75, 3.05) is 35.2 Å². The Morgan fingerprint density at radius 2 is 1.59 bits per heavy atom. The lowest BCUT2D eigenvalue weighted by molar-refractivity contribution is -0.209. The molecule has 2 aliphatic rings. The quantitative estimate of drug-likeness (QED) is 0.0859. The lowest BCUT2D eigenvalue weighted by Gasteiger charge is -2.25. The van der Waals surface area contributed by atoms with Gasteiger partial charge in [-0.1, -0.05) is 91.0 Å². The molecule has 1 saturated heterocycles. The summed E-state index contributed by atoms with van der Waals surface area (Å²) in [6.45, 7) is 0.973. The highest BCUT2D eigenvalue weighted by Gasteiger charge is 2.51. The number of aliphatic hydroxyl groups excluding tert-OH is 1. The van der Waals surface area contributed by atoms with Gasteiger partial charge in [-0.2, -0.15) is 23.1 Å². The molecule has 16 nitrogen and oxygen atoms in total. The fraction of sp³-hybridized carbons (Fsp3) is 0.295. The van der Waals surface area contributed by atoms with Crippen LogP contribution in [0.15, 0.2) is 122 Å². The number of alkyl carbamates (subject to hydrolysis) is 1. The zero-order valence-electron chi connectivity index (χ0n) is 33.6. The summed E-state index contributed by atoms with van der Waals surface area (Å²) in [6, 6.07) is 28.8. The van der Waals surface area contributed by atoms with Crippen molar-refractivity contribution in [1.82, 2.24) is 35.1 Å². The number of carbonyl (C=O) groups is 3. The molecule has 5 N–H and O–H groups in total. The number of pyridine rings is 1. The van der Waals surface area contributed by atoms with Crippen molar-refractivity contribution in [2.45, 2.75) is 61.9 Å². The number of benzene rings is 3. The second-order valence-electron chi connectivity index (χ2n) is 15.2. The third-order valence-electron chi connectivity index (χ3n) is 11.0. The van der Waals surface area contributed by atoms with Crippen molar-refractivity contribution in [2.24, 2.45) is 0 Å². The number of hydrogen-bond donors (Lipinski definition) is 5. The molecule has 1 saturated carbocycles. The number of urea groups is 1. The van der Waals surface area contributed by atoms with Crippen LogP contribution in [0.2, 0.25) is 0 Å². The number of nitrogens with zero attached hydrogens (tertiary/aromatic N) is 6. The minimum atomic E-state index is -5.38. The van der Waals surface area contributed by atoms with E-state index < -0.39 is 48.6 Å². The maximum absolute atomic E-state index is 13.7. The smallest absolute Gasteiger partial charge is 0.451 e. The van der Waals surface area contributed by atoms with E-state index in [4.69, 9.17) is 19.4 Å². The molecular formula is C44H43F3N10O6. The van der Waals surface area contributed by atoms with Crippen molar-refractivity contribution in [3.63, 3.8) is 0 Å². The first-order chi connectivity index (χ1) is 30.5. The Morgan fingerprint density at radius 1 is 0.889 bits per heavy atom. The van der Waals surface area contributed by atoms with Crippen molar-refractivity contribution >= 4 is 46.7 Å². The number of esters is 1. The maximum atomic E-state index is 13.7. The van der Waals surface area contributed by atoms with Gasteiger partial charge in [0.05, 0.1) is 30.3 Å². The minimum Gasteiger partial charge on any atom is -0.451 e. The molecule has 326 valence electrons. The second-order valence-corrected chi connectivity index (χ2v) is 15.2. The average Bonchev–Trinajstić information content (AvgIpc) is 4.01. The Morgan fingerprint density at radius 3 is 2.25 bits per heavy atom. The van der Waals surface area contributed by atoms with Gasteiger partial charge in [0.15, 0.2) is 23.1 Å². The molecule has 0 spiro atoms. The topological polar surface area (TPSA) is 198 Å². The van der Waals surface area contributed by atoms with Crippen LogP contribution in [0, 0.1) is 0 Å². The van der Waals surface area contributed by atoms with Crippen LogP contribution in [0.3, 0.4) is 0 Å². The highest BCUT2D eigenvalue weighted by atomic mass is 19.4. The van der Waals surface area contributed by atoms with E-state index in [-0.39, 0.29) is 42.1 Å². The Kier molecular flexibility index (Phi) is 12.6. The largest absolute Gasteiger partial charge is 0.490 e. The van der Waals surface area contributed by atoms with E-state index in [1.165, 1.54) is 17.1 Å². The summed E-state index contributed by atoms with van der Waals surface area (Å²) in [6.07, 6.45) is -5.12. The van der Waals surface area contributed by atoms with Crippen molar-refractivity contribution < 1.29 is 42.1 Å². The van der Waals surface area contributed by atoms with E-state index in [1.807, 2.05) is 65.6 Å². The van der Waals surface area contributed by atoms with Gasteiger partial charge in [-0.05, 0) is 41.7 Å². The van der Waals surface area contributed by atoms with Gasteiger partial charge in [-0.25, -0.2) is 19.4 Å². The molecule has 4 heterocycles. The van der Waals surface area contributed by atoms with Gasteiger partial charge >= 0.3 is 24.3 Å². The number of anilines is 3. The van der Waals surface area contributed by atoms with Crippen molar-refractivity contribution in [3.05, 3.63) is 139 Å². The number of imidazole rings is 1. The summed E-state index contributed by atoms with van der Waals surface area (Å²) in [5.41, 5.74) is 3.66. The van der Waals surface area contributed by atoms with Crippen LogP contribution in [-0.4, -0.2) is 97.8 Å². The van der Waals surface area contributed by atoms with Crippen LogP contribution >= 0.6 is 0 Å². The predicted octanol–water partition coefficient (Wildman–Crippen LogP) is 5.94. The zero-order valence-corrected chi connectivity index (χ0v) is 33.6. The Hall–Kier alpha value is -7.28. The standard InChI is InChI=1S/C44H43F3N10O6/c45-44(46,47)40(59)63-37-34(21-33(36(37)58)53-43(61)62-25-27-11-4-1-5-12-27)57-26-50-35-38(49-23-32(28-13-6-2-7-14-28)29-15-8-3-9-16-29)54-41(55-39(35)57)56-20-18-31(24-56)52-42(60)51-30-17-10-19-48-22-30/h1-17,19,22,26,31-34,36-37,58H,18,20-21,23-25H2,(H,53,61)(H,49,54,55)(H2,51,52,60)/t31-,33+,34-,36-,37+/m1/s1. The van der Waals surface area contributed by atoms with E-state index in [2.05, 4.69) is 31.2 Å². The summed E-state index contributed by atoms with van der Waals surface area (Å²) < 4.78 is 52.8. The van der Waals surface area contributed by atoms with Crippen LogP contribution in [0.1, 0.15) is 41.5 Å². The monoisotopic (exact) mass is 864 g/mol. The molecule has 0 bridgehead atoms. The molecule has 5 atom stereocenters. The molecule has 3 amide bonds. The maximum Gasteiger partial charge on any atom is 0.490 e. The lowest BCUT2D eigenvalue weighted by Crippen LogP contribution is -2.45. The van der Waals surface area contributed by atoms with Gasteiger partial charge in [0, 0.05) is 37.8 Å². The van der Waals surface area contributed by atoms with Crippen LogP contribution < -0.4 is 26.2 Å². The normalized spacial score (nSPS) is 19.8. The first kappa shape index (κ1) is 42.4. The number of halogens is 3. The third kappa shape index (κ3) is 10.1. The first-order valence-electron chi connectivity index (χ1n) is 20.2. The molecule has 2 fully saturated rings. The number of carbonyl (C=O) groups excluding carboxylic acids is 3. The minimum absolute atomic E-state index is 0.107. The molecule has 1 aliphatic carbocycles. The van der Waals surface area contributed by atoms with E-state index in [0.29, 0.717) is 43.1 Å². The fourth-order valence-corrected chi connectivity index (χ4v) is 7.92. The van der Waals surface area contributed by atoms with Gasteiger partial charge in [-0.3, -0.25) is 4.98 Å². The van der Waals surface area contributed by atoms with Gasteiger partial charge in [-0.15, -0.1) is 0 Å². The van der Waals surface area contributed by atoms with Gasteiger partial charge < -0.3 is 45.3 Å². The second kappa shape index (κ2) is 18.8. The average molecular weight is 865 g/mol. The molecule has 63 heavy (non-hydrogen) atoms. The van der Waals surface area contributed by atoms with Crippen LogP contribution in [0.25, 0.3) is 11.2 Å². The molecule has 3 aromatic heterocycles. The summed E-state index contributed by atoms with van der Waals surface area (Å²) in [5.74, 6) is -2.13. The molecule has 19 heteroatoms. The van der Waals surface area contributed by atoms with E-state index in [9.17, 15) is 32.7 Å². The molecule has 3 aromatic carbocycles.